The zero-order valence-electron chi connectivity index (χ0n) is 15.3. The standard InChI is InChI=1S/C18H13F4N7O/c1-8-24-12-4-2-9(19)6-13(12)29(8)18-27-16(23)26-17(28-18)25-10-3-5-14(11(20)7-10)30-15(21)22/h2-7,15H,1H3,(H3,23,25,26,27,28). The molecule has 0 fully saturated rings. The fourth-order valence-corrected chi connectivity index (χ4v) is 2.86. The Morgan fingerprint density at radius 1 is 1.03 bits per heavy atom. The molecular formula is C18H13F4N7O. The zero-order valence-corrected chi connectivity index (χ0v) is 15.3. The molecule has 3 N–H and O–H groups in total. The number of alkyl halides is 2. The summed E-state index contributed by atoms with van der Waals surface area (Å²) in [5.41, 5.74) is 6.87. The largest absolute Gasteiger partial charge is 0.432 e. The number of nitrogens with one attached hydrogen (secondary N) is 1. The van der Waals surface area contributed by atoms with Crippen LogP contribution in [-0.4, -0.2) is 31.1 Å². The van der Waals surface area contributed by atoms with Crippen molar-refractivity contribution in [3.8, 4) is 11.7 Å². The molecule has 0 bridgehead atoms. The molecule has 0 radical (unpaired) electrons. The Morgan fingerprint density at radius 3 is 2.57 bits per heavy atom. The molecule has 154 valence electrons. The molecule has 4 aromatic rings. The first-order chi connectivity index (χ1) is 14.3. The third-order valence-electron chi connectivity index (χ3n) is 4.03. The molecule has 2 aromatic carbocycles. The van der Waals surface area contributed by atoms with Gasteiger partial charge in [0, 0.05) is 17.8 Å². The molecule has 0 saturated carbocycles. The number of hydrogen-bond acceptors (Lipinski definition) is 7. The van der Waals surface area contributed by atoms with Crippen LogP contribution < -0.4 is 15.8 Å². The fraction of sp³-hybridized carbons (Fsp3) is 0.111. The van der Waals surface area contributed by atoms with Crippen molar-refractivity contribution >= 4 is 28.6 Å². The lowest BCUT2D eigenvalue weighted by Gasteiger charge is -2.11. The summed E-state index contributed by atoms with van der Waals surface area (Å²) < 4.78 is 57.7. The van der Waals surface area contributed by atoms with E-state index in [-0.39, 0.29) is 23.5 Å². The maximum absolute atomic E-state index is 13.9. The lowest BCUT2D eigenvalue weighted by molar-refractivity contribution is -0.0521. The number of anilines is 3. The second-order valence-corrected chi connectivity index (χ2v) is 6.09. The molecule has 4 rings (SSSR count). The highest BCUT2D eigenvalue weighted by molar-refractivity contribution is 5.77. The van der Waals surface area contributed by atoms with Crippen LogP contribution in [-0.2, 0) is 0 Å². The summed E-state index contributed by atoms with van der Waals surface area (Å²) in [5, 5.41) is 2.71. The van der Waals surface area contributed by atoms with Gasteiger partial charge in [0.25, 0.3) is 0 Å². The fourth-order valence-electron chi connectivity index (χ4n) is 2.86. The van der Waals surface area contributed by atoms with Gasteiger partial charge in [-0.3, -0.25) is 4.57 Å². The molecule has 12 heteroatoms. The van der Waals surface area contributed by atoms with Crippen molar-refractivity contribution in [2.24, 2.45) is 0 Å². The molecule has 8 nitrogen and oxygen atoms in total. The first-order valence-corrected chi connectivity index (χ1v) is 8.48. The topological polar surface area (TPSA) is 104 Å². The molecule has 0 atom stereocenters. The monoisotopic (exact) mass is 419 g/mol. The third kappa shape index (κ3) is 3.79. The van der Waals surface area contributed by atoms with Crippen LogP contribution in [0.5, 0.6) is 5.75 Å². The number of benzene rings is 2. The van der Waals surface area contributed by atoms with Crippen LogP contribution in [0.2, 0.25) is 0 Å². The van der Waals surface area contributed by atoms with Gasteiger partial charge in [0.05, 0.1) is 11.0 Å². The summed E-state index contributed by atoms with van der Waals surface area (Å²) in [6.45, 7) is -1.47. The van der Waals surface area contributed by atoms with E-state index in [0.717, 1.165) is 12.1 Å². The molecule has 0 aliphatic rings. The van der Waals surface area contributed by atoms with Crippen molar-refractivity contribution in [1.29, 1.82) is 0 Å². The van der Waals surface area contributed by atoms with Crippen LogP contribution in [0, 0.1) is 18.6 Å². The number of rotatable bonds is 5. The van der Waals surface area contributed by atoms with Gasteiger partial charge < -0.3 is 15.8 Å². The molecule has 30 heavy (non-hydrogen) atoms. The number of nitrogens with zero attached hydrogens (tertiary/aromatic N) is 5. The van der Waals surface area contributed by atoms with Crippen molar-refractivity contribution in [3.05, 3.63) is 53.9 Å². The average molecular weight is 419 g/mol. The minimum atomic E-state index is -3.15. The summed E-state index contributed by atoms with van der Waals surface area (Å²) in [7, 11) is 0. The van der Waals surface area contributed by atoms with Crippen molar-refractivity contribution in [2.75, 3.05) is 11.1 Å². The van der Waals surface area contributed by atoms with Gasteiger partial charge in [-0.15, -0.1) is 0 Å². The summed E-state index contributed by atoms with van der Waals surface area (Å²) in [4.78, 5) is 16.5. The Kier molecular flexibility index (Phi) is 4.82. The quantitative estimate of drug-likeness (QED) is 0.475. The number of nitrogens with two attached hydrogens (primary N) is 1. The number of ether oxygens (including phenoxy) is 1. The van der Waals surface area contributed by atoms with Crippen LogP contribution in [0.1, 0.15) is 5.82 Å². The van der Waals surface area contributed by atoms with Gasteiger partial charge in [-0.2, -0.15) is 23.7 Å². The van der Waals surface area contributed by atoms with E-state index >= 15 is 0 Å². The highest BCUT2D eigenvalue weighted by Crippen LogP contribution is 2.25. The smallest absolute Gasteiger partial charge is 0.387 e. The summed E-state index contributed by atoms with van der Waals surface area (Å²) in [6, 6.07) is 7.34. The van der Waals surface area contributed by atoms with E-state index in [1.807, 2.05) is 0 Å². The molecule has 0 aliphatic heterocycles. The first kappa shape index (κ1) is 19.4. The normalized spacial score (nSPS) is 11.3. The molecule has 0 saturated heterocycles. The van der Waals surface area contributed by atoms with Gasteiger partial charge >= 0.3 is 6.61 Å². The predicted octanol–water partition coefficient (Wildman–Crippen LogP) is 3.72. The summed E-state index contributed by atoms with van der Waals surface area (Å²) in [6.07, 6.45) is 0. The van der Waals surface area contributed by atoms with Crippen LogP contribution in [0.4, 0.5) is 35.1 Å². The number of aromatic nitrogens is 5. The second kappa shape index (κ2) is 7.46. The van der Waals surface area contributed by atoms with Crippen LogP contribution in [0.25, 0.3) is 17.0 Å². The maximum Gasteiger partial charge on any atom is 0.387 e. The SMILES string of the molecule is Cc1nc2ccc(F)cc2n1-c1nc(N)nc(Nc2ccc(OC(F)F)c(F)c2)n1. The number of halogens is 4. The molecule has 2 aromatic heterocycles. The van der Waals surface area contributed by atoms with E-state index in [2.05, 4.69) is 30.0 Å². The molecule has 0 aliphatic carbocycles. The van der Waals surface area contributed by atoms with E-state index < -0.39 is 24.0 Å². The van der Waals surface area contributed by atoms with Gasteiger partial charge in [-0.25, -0.2) is 13.8 Å². The summed E-state index contributed by atoms with van der Waals surface area (Å²) >= 11 is 0. The molecule has 0 amide bonds. The Morgan fingerprint density at radius 2 is 1.83 bits per heavy atom. The van der Waals surface area contributed by atoms with Crippen LogP contribution in [0.15, 0.2) is 36.4 Å². The predicted molar refractivity (Wildman–Crippen MR) is 99.9 cm³/mol. The minimum absolute atomic E-state index is 0.0444. The number of fused-ring (bicyclic) bond motifs is 1. The van der Waals surface area contributed by atoms with Crippen LogP contribution >= 0.6 is 0 Å². The van der Waals surface area contributed by atoms with E-state index in [0.29, 0.717) is 16.9 Å². The lowest BCUT2D eigenvalue weighted by Crippen LogP contribution is -2.10. The molecule has 0 unspecified atom stereocenters. The number of nitrogen functional groups attached to an aromatic ring is 1. The highest BCUT2D eigenvalue weighted by atomic mass is 19.3. The maximum atomic E-state index is 13.9. The van der Waals surface area contributed by atoms with Crippen molar-refractivity contribution in [2.45, 2.75) is 13.5 Å². The molecule has 2 heterocycles. The van der Waals surface area contributed by atoms with Gasteiger partial charge in [-0.1, -0.05) is 0 Å². The Bertz CT molecular complexity index is 1240. The molecular weight excluding hydrogens is 406 g/mol. The third-order valence-corrected chi connectivity index (χ3v) is 4.03. The zero-order chi connectivity index (χ0) is 21.4. The van der Waals surface area contributed by atoms with Crippen molar-refractivity contribution < 1.29 is 22.3 Å². The van der Waals surface area contributed by atoms with Gasteiger partial charge in [-0.05, 0) is 31.2 Å². The van der Waals surface area contributed by atoms with E-state index in [1.54, 1.807) is 6.92 Å². The highest BCUT2D eigenvalue weighted by Gasteiger charge is 2.16. The van der Waals surface area contributed by atoms with Gasteiger partial charge in [0.1, 0.15) is 11.6 Å². The lowest BCUT2D eigenvalue weighted by atomic mass is 10.3. The van der Waals surface area contributed by atoms with E-state index in [4.69, 9.17) is 5.73 Å². The summed E-state index contributed by atoms with van der Waals surface area (Å²) in [5.74, 6) is -1.73. The average Bonchev–Trinajstić information content (AvgIpc) is 2.98. The van der Waals surface area contributed by atoms with Crippen molar-refractivity contribution in [1.82, 2.24) is 24.5 Å². The molecule has 0 spiro atoms. The van der Waals surface area contributed by atoms with Gasteiger partial charge in [0.15, 0.2) is 11.6 Å². The number of imidazole rings is 1. The van der Waals surface area contributed by atoms with E-state index in [1.165, 1.54) is 28.8 Å². The van der Waals surface area contributed by atoms with Gasteiger partial charge in [0.2, 0.25) is 17.8 Å². The minimum Gasteiger partial charge on any atom is -0.432 e. The Labute approximate surface area is 166 Å². The first-order valence-electron chi connectivity index (χ1n) is 8.48. The Balaban J connectivity index is 1.71. The van der Waals surface area contributed by atoms with Crippen LogP contribution in [0.3, 0.4) is 0 Å². The van der Waals surface area contributed by atoms with E-state index in [9.17, 15) is 17.6 Å². The number of hydrogen-bond donors (Lipinski definition) is 2. The van der Waals surface area contributed by atoms with Crippen molar-refractivity contribution in [3.63, 3.8) is 0 Å². The second-order valence-electron chi connectivity index (χ2n) is 6.09. The Hall–Kier alpha value is -3.96. The number of aryl methyl sites for hydroxylation is 1.